The Hall–Kier alpha value is -3.23. The van der Waals surface area contributed by atoms with E-state index in [0.29, 0.717) is 0 Å². The summed E-state index contributed by atoms with van der Waals surface area (Å²) in [5.41, 5.74) is 4.74. The topological polar surface area (TPSA) is 12.9 Å². The molecule has 1 nitrogen and oxygen atoms in total. The summed E-state index contributed by atoms with van der Waals surface area (Å²) in [7, 11) is 0. The standard InChI is InChI=1S/C27H16BrN/c28-23-14-21(20-5-2-12-29-16-20)13-22(15-23)24-10-8-19-7-6-17-3-1-4-18-9-11-25(24)27(19)26(17)18/h1-16H. The van der Waals surface area contributed by atoms with Crippen molar-refractivity contribution in [3.8, 4) is 22.3 Å². The molecule has 6 aromatic rings. The highest BCUT2D eigenvalue weighted by Gasteiger charge is 2.13. The molecule has 0 aliphatic carbocycles. The van der Waals surface area contributed by atoms with Crippen LogP contribution in [0.25, 0.3) is 54.6 Å². The second-order valence-corrected chi connectivity index (χ2v) is 8.36. The number of pyridine rings is 1. The van der Waals surface area contributed by atoms with E-state index < -0.39 is 0 Å². The zero-order chi connectivity index (χ0) is 19.4. The molecule has 0 bridgehead atoms. The summed E-state index contributed by atoms with van der Waals surface area (Å²) >= 11 is 3.72. The molecule has 1 heterocycles. The van der Waals surface area contributed by atoms with Gasteiger partial charge in [-0.25, -0.2) is 0 Å². The third-order valence-corrected chi connectivity index (χ3v) is 6.19. The Morgan fingerprint density at radius 2 is 1.31 bits per heavy atom. The number of rotatable bonds is 2. The van der Waals surface area contributed by atoms with Crippen LogP contribution in [0.4, 0.5) is 0 Å². The van der Waals surface area contributed by atoms with E-state index in [-0.39, 0.29) is 0 Å². The van der Waals surface area contributed by atoms with Crippen LogP contribution in [0.2, 0.25) is 0 Å². The van der Waals surface area contributed by atoms with E-state index in [1.54, 1.807) is 0 Å². The summed E-state index contributed by atoms with van der Waals surface area (Å²) in [4.78, 5) is 4.28. The first kappa shape index (κ1) is 16.7. The van der Waals surface area contributed by atoms with Crippen molar-refractivity contribution in [1.82, 2.24) is 4.98 Å². The number of hydrogen-bond donors (Lipinski definition) is 0. The number of hydrogen-bond acceptors (Lipinski definition) is 1. The van der Waals surface area contributed by atoms with Gasteiger partial charge in [-0.3, -0.25) is 4.98 Å². The molecule has 0 aliphatic heterocycles. The van der Waals surface area contributed by atoms with Gasteiger partial charge in [-0.2, -0.15) is 0 Å². The molecule has 0 N–H and O–H groups in total. The van der Waals surface area contributed by atoms with Gasteiger partial charge in [0.15, 0.2) is 0 Å². The van der Waals surface area contributed by atoms with E-state index in [1.807, 2.05) is 18.5 Å². The van der Waals surface area contributed by atoms with Crippen molar-refractivity contribution >= 4 is 48.2 Å². The zero-order valence-electron chi connectivity index (χ0n) is 15.6. The number of nitrogens with zero attached hydrogens (tertiary/aromatic N) is 1. The van der Waals surface area contributed by atoms with Gasteiger partial charge in [0.05, 0.1) is 0 Å². The molecule has 29 heavy (non-hydrogen) atoms. The Morgan fingerprint density at radius 1 is 0.586 bits per heavy atom. The van der Waals surface area contributed by atoms with Crippen LogP contribution in [0.5, 0.6) is 0 Å². The van der Waals surface area contributed by atoms with Crippen LogP contribution in [0, 0.1) is 0 Å². The second kappa shape index (κ2) is 6.40. The molecule has 0 amide bonds. The lowest BCUT2D eigenvalue weighted by Crippen LogP contribution is -1.88. The smallest absolute Gasteiger partial charge is 0.0346 e. The van der Waals surface area contributed by atoms with Crippen molar-refractivity contribution < 1.29 is 0 Å². The zero-order valence-corrected chi connectivity index (χ0v) is 17.1. The summed E-state index contributed by atoms with van der Waals surface area (Å²) in [5, 5.41) is 7.87. The normalized spacial score (nSPS) is 11.6. The maximum absolute atomic E-state index is 4.28. The average molecular weight is 434 g/mol. The lowest BCUT2D eigenvalue weighted by molar-refractivity contribution is 1.33. The Labute approximate surface area is 177 Å². The lowest BCUT2D eigenvalue weighted by Gasteiger charge is -2.15. The van der Waals surface area contributed by atoms with Gasteiger partial charge in [-0.15, -0.1) is 0 Å². The predicted molar refractivity (Wildman–Crippen MR) is 127 cm³/mol. The van der Waals surface area contributed by atoms with Crippen molar-refractivity contribution in [3.63, 3.8) is 0 Å². The highest BCUT2D eigenvalue weighted by Crippen LogP contribution is 2.40. The minimum atomic E-state index is 1.07. The van der Waals surface area contributed by atoms with Gasteiger partial charge in [0.1, 0.15) is 0 Å². The van der Waals surface area contributed by atoms with Crippen molar-refractivity contribution in [1.29, 1.82) is 0 Å². The molecule has 2 heteroatoms. The minimum Gasteiger partial charge on any atom is -0.264 e. The third-order valence-electron chi connectivity index (χ3n) is 5.73. The summed E-state index contributed by atoms with van der Waals surface area (Å²) in [6.45, 7) is 0. The van der Waals surface area contributed by atoms with E-state index in [1.165, 1.54) is 43.4 Å². The van der Waals surface area contributed by atoms with Crippen molar-refractivity contribution in [3.05, 3.63) is 102 Å². The molecule has 136 valence electrons. The molecule has 0 aliphatic rings. The van der Waals surface area contributed by atoms with Gasteiger partial charge in [-0.05, 0) is 73.3 Å². The fourth-order valence-corrected chi connectivity index (χ4v) is 4.93. The molecular formula is C27H16BrN. The fourth-order valence-electron chi connectivity index (χ4n) is 4.43. The fraction of sp³-hybridized carbons (Fsp3) is 0. The summed E-state index contributed by atoms with van der Waals surface area (Å²) in [6, 6.07) is 30.7. The molecule has 0 unspecified atom stereocenters. The molecule has 5 aromatic carbocycles. The maximum Gasteiger partial charge on any atom is 0.0346 e. The molecule has 0 atom stereocenters. The first-order valence-electron chi connectivity index (χ1n) is 9.66. The van der Waals surface area contributed by atoms with Gasteiger partial charge >= 0.3 is 0 Å². The first-order valence-corrected chi connectivity index (χ1v) is 10.5. The quantitative estimate of drug-likeness (QED) is 0.251. The predicted octanol–water partition coefficient (Wildman–Crippen LogP) is 8.08. The largest absolute Gasteiger partial charge is 0.264 e. The third kappa shape index (κ3) is 2.64. The van der Waals surface area contributed by atoms with Gasteiger partial charge in [0.2, 0.25) is 0 Å². The van der Waals surface area contributed by atoms with Crippen LogP contribution in [0.1, 0.15) is 0 Å². The Balaban J connectivity index is 1.67. The Bertz CT molecular complexity index is 1490. The second-order valence-electron chi connectivity index (χ2n) is 7.44. The van der Waals surface area contributed by atoms with Crippen LogP contribution >= 0.6 is 15.9 Å². The number of aromatic nitrogens is 1. The summed E-state index contributed by atoms with van der Waals surface area (Å²) in [6.07, 6.45) is 3.72. The van der Waals surface area contributed by atoms with Crippen LogP contribution < -0.4 is 0 Å². The van der Waals surface area contributed by atoms with E-state index in [4.69, 9.17) is 0 Å². The van der Waals surface area contributed by atoms with Crippen LogP contribution in [-0.4, -0.2) is 4.98 Å². The highest BCUT2D eigenvalue weighted by atomic mass is 79.9. The Kier molecular flexibility index (Phi) is 3.68. The number of halogens is 1. The van der Waals surface area contributed by atoms with Crippen molar-refractivity contribution in [2.45, 2.75) is 0 Å². The van der Waals surface area contributed by atoms with Gasteiger partial charge < -0.3 is 0 Å². The lowest BCUT2D eigenvalue weighted by atomic mass is 9.89. The SMILES string of the molecule is Brc1cc(-c2cccnc2)cc(-c2ccc3ccc4cccc5ccc2c3c45)c1. The molecule has 0 saturated heterocycles. The first-order chi connectivity index (χ1) is 14.3. The monoisotopic (exact) mass is 433 g/mol. The van der Waals surface area contributed by atoms with Crippen LogP contribution in [0.15, 0.2) is 102 Å². The minimum absolute atomic E-state index is 1.07. The Morgan fingerprint density at radius 3 is 2.10 bits per heavy atom. The molecule has 1 aromatic heterocycles. The highest BCUT2D eigenvalue weighted by molar-refractivity contribution is 9.10. The molecule has 0 saturated carbocycles. The van der Waals surface area contributed by atoms with E-state index in [9.17, 15) is 0 Å². The maximum atomic E-state index is 4.28. The molecule has 6 rings (SSSR count). The van der Waals surface area contributed by atoms with E-state index >= 15 is 0 Å². The van der Waals surface area contributed by atoms with Crippen molar-refractivity contribution in [2.75, 3.05) is 0 Å². The molecule has 0 fully saturated rings. The van der Waals surface area contributed by atoms with Gasteiger partial charge in [0, 0.05) is 22.4 Å². The van der Waals surface area contributed by atoms with E-state index in [2.05, 4.69) is 99.8 Å². The average Bonchev–Trinajstić information content (AvgIpc) is 2.77. The molecular weight excluding hydrogens is 418 g/mol. The van der Waals surface area contributed by atoms with Crippen molar-refractivity contribution in [2.24, 2.45) is 0 Å². The molecule has 0 radical (unpaired) electrons. The van der Waals surface area contributed by atoms with Gasteiger partial charge in [0.25, 0.3) is 0 Å². The van der Waals surface area contributed by atoms with Crippen LogP contribution in [-0.2, 0) is 0 Å². The van der Waals surface area contributed by atoms with Gasteiger partial charge in [-0.1, -0.05) is 76.6 Å². The van der Waals surface area contributed by atoms with Crippen LogP contribution in [0.3, 0.4) is 0 Å². The summed E-state index contributed by atoms with van der Waals surface area (Å²) < 4.78 is 1.07. The summed E-state index contributed by atoms with van der Waals surface area (Å²) in [5.74, 6) is 0. The molecule has 0 spiro atoms. The van der Waals surface area contributed by atoms with E-state index in [0.717, 1.165) is 15.6 Å². The number of benzene rings is 5.